The number of rotatable bonds is 4. The first-order chi connectivity index (χ1) is 14.2. The van der Waals surface area contributed by atoms with Crippen LogP contribution in [0, 0.1) is 5.92 Å². The Bertz CT molecular complexity index is 1150. The van der Waals surface area contributed by atoms with E-state index in [0.29, 0.717) is 6.54 Å². The van der Waals surface area contributed by atoms with Crippen LogP contribution in [0.4, 0.5) is 0 Å². The molecule has 6 heteroatoms. The SMILES string of the molecule is O=C(O)C1CCCN(C(c2nc3ccccc3s2)c2ccnc3ccccc23)C1. The molecule has 2 aromatic carbocycles. The van der Waals surface area contributed by atoms with Crippen LogP contribution in [0.1, 0.15) is 29.5 Å². The fraction of sp³-hybridized carbons (Fsp3) is 0.261. The Morgan fingerprint density at radius 3 is 2.72 bits per heavy atom. The summed E-state index contributed by atoms with van der Waals surface area (Å²) in [5.74, 6) is -1.05. The zero-order valence-corrected chi connectivity index (χ0v) is 16.7. The average Bonchev–Trinajstić information content (AvgIpc) is 3.18. The van der Waals surface area contributed by atoms with E-state index in [9.17, 15) is 9.90 Å². The summed E-state index contributed by atoms with van der Waals surface area (Å²) < 4.78 is 1.15. The number of pyridine rings is 1. The maximum absolute atomic E-state index is 11.7. The Morgan fingerprint density at radius 1 is 1.10 bits per heavy atom. The van der Waals surface area contributed by atoms with Crippen molar-refractivity contribution in [1.82, 2.24) is 14.9 Å². The molecule has 2 aromatic heterocycles. The second-order valence-electron chi connectivity index (χ2n) is 7.51. The van der Waals surface area contributed by atoms with E-state index in [1.807, 2.05) is 42.6 Å². The quantitative estimate of drug-likeness (QED) is 0.534. The molecule has 2 atom stereocenters. The van der Waals surface area contributed by atoms with Gasteiger partial charge in [0.1, 0.15) is 5.01 Å². The normalized spacial score (nSPS) is 18.8. The van der Waals surface area contributed by atoms with Crippen LogP contribution >= 0.6 is 11.3 Å². The van der Waals surface area contributed by atoms with Gasteiger partial charge in [0.25, 0.3) is 0 Å². The molecule has 29 heavy (non-hydrogen) atoms. The lowest BCUT2D eigenvalue weighted by atomic mass is 9.94. The standard InChI is InChI=1S/C23H21N3O2S/c27-23(28)15-6-5-13-26(14-15)21(22-25-19-9-3-4-10-20(19)29-22)17-11-12-24-18-8-2-1-7-16(17)18/h1-4,7-12,15,21H,5-6,13-14H2,(H,27,28). The van der Waals surface area contributed by atoms with Gasteiger partial charge in [-0.15, -0.1) is 11.3 Å². The number of fused-ring (bicyclic) bond motifs is 2. The number of aromatic nitrogens is 2. The molecule has 0 aliphatic carbocycles. The lowest BCUT2D eigenvalue weighted by Crippen LogP contribution is -2.41. The molecule has 0 bridgehead atoms. The zero-order chi connectivity index (χ0) is 19.8. The maximum atomic E-state index is 11.7. The third kappa shape index (κ3) is 3.39. The molecule has 146 valence electrons. The summed E-state index contributed by atoms with van der Waals surface area (Å²) in [6.45, 7) is 1.40. The van der Waals surface area contributed by atoms with E-state index in [1.54, 1.807) is 11.3 Å². The van der Waals surface area contributed by atoms with Gasteiger partial charge in [-0.25, -0.2) is 4.98 Å². The number of likely N-dealkylation sites (tertiary alicyclic amines) is 1. The van der Waals surface area contributed by atoms with Crippen LogP contribution in [0.25, 0.3) is 21.1 Å². The molecular weight excluding hydrogens is 382 g/mol. The van der Waals surface area contributed by atoms with Gasteiger partial charge >= 0.3 is 5.97 Å². The minimum Gasteiger partial charge on any atom is -0.481 e. The maximum Gasteiger partial charge on any atom is 0.307 e. The van der Waals surface area contributed by atoms with Gasteiger partial charge in [-0.1, -0.05) is 30.3 Å². The highest BCUT2D eigenvalue weighted by atomic mass is 32.1. The molecule has 1 fully saturated rings. The highest BCUT2D eigenvalue weighted by molar-refractivity contribution is 7.18. The second kappa shape index (κ2) is 7.54. The van der Waals surface area contributed by atoms with E-state index in [1.165, 1.54) is 0 Å². The predicted octanol–water partition coefficient (Wildman–Crippen LogP) is 4.73. The molecule has 1 N–H and O–H groups in total. The van der Waals surface area contributed by atoms with Crippen LogP contribution in [0.3, 0.4) is 0 Å². The van der Waals surface area contributed by atoms with Crippen molar-refractivity contribution in [2.24, 2.45) is 5.92 Å². The molecule has 4 aromatic rings. The number of para-hydroxylation sites is 2. The van der Waals surface area contributed by atoms with Crippen LogP contribution in [-0.2, 0) is 4.79 Å². The van der Waals surface area contributed by atoms with Gasteiger partial charge in [-0.05, 0) is 49.2 Å². The van der Waals surface area contributed by atoms with Crippen LogP contribution in [-0.4, -0.2) is 39.0 Å². The van der Waals surface area contributed by atoms with Gasteiger partial charge in [0.15, 0.2) is 0 Å². The first-order valence-electron chi connectivity index (χ1n) is 9.86. The Morgan fingerprint density at radius 2 is 1.90 bits per heavy atom. The Balaban J connectivity index is 1.67. The Kier molecular flexibility index (Phi) is 4.73. The van der Waals surface area contributed by atoms with Gasteiger partial charge < -0.3 is 5.11 Å². The second-order valence-corrected chi connectivity index (χ2v) is 8.57. The number of carbonyl (C=O) groups is 1. The Hall–Kier alpha value is -2.83. The third-order valence-electron chi connectivity index (χ3n) is 5.69. The fourth-order valence-corrected chi connectivity index (χ4v) is 5.41. The largest absolute Gasteiger partial charge is 0.481 e. The van der Waals surface area contributed by atoms with Crippen molar-refractivity contribution >= 4 is 38.4 Å². The van der Waals surface area contributed by atoms with E-state index in [-0.39, 0.29) is 12.0 Å². The molecule has 0 saturated carbocycles. The van der Waals surface area contributed by atoms with Crippen molar-refractivity contribution in [1.29, 1.82) is 0 Å². The molecule has 5 rings (SSSR count). The monoisotopic (exact) mass is 403 g/mol. The van der Waals surface area contributed by atoms with Gasteiger partial charge in [0.2, 0.25) is 0 Å². The van der Waals surface area contributed by atoms with Crippen LogP contribution in [0.15, 0.2) is 60.8 Å². The fourth-order valence-electron chi connectivity index (χ4n) is 4.29. The Labute approximate surface area is 172 Å². The molecule has 5 nitrogen and oxygen atoms in total. The molecule has 0 radical (unpaired) electrons. The molecule has 0 spiro atoms. The first kappa shape index (κ1) is 18.2. The van der Waals surface area contributed by atoms with Gasteiger partial charge in [0.05, 0.1) is 27.7 Å². The van der Waals surface area contributed by atoms with E-state index < -0.39 is 5.97 Å². The van der Waals surface area contributed by atoms with Gasteiger partial charge in [0, 0.05) is 18.1 Å². The van der Waals surface area contributed by atoms with Crippen LogP contribution in [0.5, 0.6) is 0 Å². The molecule has 0 amide bonds. The van der Waals surface area contributed by atoms with Crippen molar-refractivity contribution in [3.05, 3.63) is 71.4 Å². The predicted molar refractivity (Wildman–Crippen MR) is 115 cm³/mol. The molecule has 1 saturated heterocycles. The van der Waals surface area contributed by atoms with Gasteiger partial charge in [-0.3, -0.25) is 14.7 Å². The number of nitrogens with zero attached hydrogens (tertiary/aromatic N) is 3. The topological polar surface area (TPSA) is 66.3 Å². The smallest absolute Gasteiger partial charge is 0.307 e. The third-order valence-corrected chi connectivity index (χ3v) is 6.78. The lowest BCUT2D eigenvalue weighted by molar-refractivity contribution is -0.143. The summed E-state index contributed by atoms with van der Waals surface area (Å²) >= 11 is 1.69. The van der Waals surface area contributed by atoms with Crippen LogP contribution in [0.2, 0.25) is 0 Å². The van der Waals surface area contributed by atoms with E-state index >= 15 is 0 Å². The van der Waals surface area contributed by atoms with Gasteiger partial charge in [-0.2, -0.15) is 0 Å². The minimum absolute atomic E-state index is 0.0811. The van der Waals surface area contributed by atoms with E-state index in [0.717, 1.165) is 51.1 Å². The van der Waals surface area contributed by atoms with E-state index in [2.05, 4.69) is 28.1 Å². The van der Waals surface area contributed by atoms with Crippen molar-refractivity contribution in [3.63, 3.8) is 0 Å². The summed E-state index contributed by atoms with van der Waals surface area (Å²) in [5, 5.41) is 11.7. The molecule has 1 aliphatic rings. The number of carboxylic acids is 1. The highest BCUT2D eigenvalue weighted by Gasteiger charge is 2.33. The summed E-state index contributed by atoms with van der Waals surface area (Å²) in [6, 6.07) is 18.3. The van der Waals surface area contributed by atoms with Crippen molar-refractivity contribution in [3.8, 4) is 0 Å². The summed E-state index contributed by atoms with van der Waals surface area (Å²) in [4.78, 5) is 23.5. The van der Waals surface area contributed by atoms with Crippen molar-refractivity contribution < 1.29 is 9.90 Å². The number of piperidine rings is 1. The van der Waals surface area contributed by atoms with Crippen molar-refractivity contribution in [2.45, 2.75) is 18.9 Å². The molecule has 3 heterocycles. The number of aliphatic carboxylic acids is 1. The number of thiazole rings is 1. The lowest BCUT2D eigenvalue weighted by Gasteiger charge is -2.36. The van der Waals surface area contributed by atoms with E-state index in [4.69, 9.17) is 4.98 Å². The average molecular weight is 404 g/mol. The van der Waals surface area contributed by atoms with Crippen molar-refractivity contribution in [2.75, 3.05) is 13.1 Å². The first-order valence-corrected chi connectivity index (χ1v) is 10.7. The summed E-state index contributed by atoms with van der Waals surface area (Å²) in [5.41, 5.74) is 3.08. The summed E-state index contributed by atoms with van der Waals surface area (Å²) in [7, 11) is 0. The summed E-state index contributed by atoms with van der Waals surface area (Å²) in [6.07, 6.45) is 3.45. The molecule has 2 unspecified atom stereocenters. The highest BCUT2D eigenvalue weighted by Crippen LogP contribution is 2.38. The zero-order valence-electron chi connectivity index (χ0n) is 15.9. The number of benzene rings is 2. The number of hydrogen-bond acceptors (Lipinski definition) is 5. The molecule has 1 aliphatic heterocycles. The minimum atomic E-state index is -0.711. The van der Waals surface area contributed by atoms with Crippen LogP contribution < -0.4 is 0 Å². The molecular formula is C23H21N3O2S. The number of hydrogen-bond donors (Lipinski definition) is 1. The number of carboxylic acid groups (broad SMARTS) is 1.